The van der Waals surface area contributed by atoms with Gasteiger partial charge >= 0.3 is 12.0 Å². The maximum atomic E-state index is 13.2. The summed E-state index contributed by atoms with van der Waals surface area (Å²) in [7, 11) is 0. The number of piperazine rings is 1. The van der Waals surface area contributed by atoms with E-state index in [0.29, 0.717) is 47.4 Å². The lowest BCUT2D eigenvalue weighted by Crippen LogP contribution is -2.54. The fraction of sp³-hybridized carbons (Fsp3) is 0.280. The van der Waals surface area contributed by atoms with E-state index in [1.807, 2.05) is 30.0 Å². The average molecular weight is 478 g/mol. The van der Waals surface area contributed by atoms with Crippen LogP contribution in [-0.2, 0) is 4.79 Å². The summed E-state index contributed by atoms with van der Waals surface area (Å²) in [5, 5.41) is 14.2. The van der Waals surface area contributed by atoms with Gasteiger partial charge in [0.05, 0.1) is 17.7 Å². The van der Waals surface area contributed by atoms with E-state index in [9.17, 15) is 19.2 Å². The minimum Gasteiger partial charge on any atom is -0.480 e. The van der Waals surface area contributed by atoms with E-state index in [4.69, 9.17) is 5.11 Å². The monoisotopic (exact) mass is 477 g/mol. The number of rotatable bonds is 7. The Morgan fingerprint density at radius 1 is 1.06 bits per heavy atom. The van der Waals surface area contributed by atoms with Crippen LogP contribution in [0.1, 0.15) is 27.6 Å². The van der Waals surface area contributed by atoms with E-state index in [2.05, 4.69) is 20.5 Å². The highest BCUT2D eigenvalue weighted by molar-refractivity contribution is 6.12. The molecule has 4 N–H and O–H groups in total. The molecule has 0 bridgehead atoms. The topological polar surface area (TPSA) is 135 Å². The largest absolute Gasteiger partial charge is 0.480 e. The van der Waals surface area contributed by atoms with Crippen LogP contribution in [0.5, 0.6) is 0 Å². The van der Waals surface area contributed by atoms with Crippen molar-refractivity contribution >= 4 is 40.3 Å². The number of H-pyrrole nitrogens is 1. The quantitative estimate of drug-likeness (QED) is 0.386. The van der Waals surface area contributed by atoms with Crippen molar-refractivity contribution in [2.24, 2.45) is 0 Å². The van der Waals surface area contributed by atoms with Gasteiger partial charge in [-0.15, -0.1) is 0 Å². The molecule has 2 aromatic carbocycles. The van der Waals surface area contributed by atoms with E-state index in [0.717, 1.165) is 0 Å². The summed E-state index contributed by atoms with van der Waals surface area (Å²) < 4.78 is 0. The molecule has 4 rings (SSSR count). The number of amides is 3. The third kappa shape index (κ3) is 5.49. The van der Waals surface area contributed by atoms with Crippen molar-refractivity contribution in [2.45, 2.75) is 13.0 Å². The number of carboxylic acids is 1. The van der Waals surface area contributed by atoms with Crippen molar-refractivity contribution < 1.29 is 24.3 Å². The third-order valence-corrected chi connectivity index (χ3v) is 6.08. The number of aliphatic carboxylic acids is 1. The Kier molecular flexibility index (Phi) is 7.11. The number of anilines is 1. The lowest BCUT2D eigenvalue weighted by Gasteiger charge is -2.39. The van der Waals surface area contributed by atoms with E-state index < -0.39 is 18.5 Å². The van der Waals surface area contributed by atoms with Gasteiger partial charge in [0.1, 0.15) is 6.54 Å². The summed E-state index contributed by atoms with van der Waals surface area (Å²) in [5.74, 6) is -1.23. The Morgan fingerprint density at radius 2 is 1.83 bits per heavy atom. The molecule has 1 aliphatic heterocycles. The Bertz CT molecular complexity index is 1260. The molecule has 0 spiro atoms. The summed E-state index contributed by atoms with van der Waals surface area (Å²) >= 11 is 0. The smallest absolute Gasteiger partial charge is 0.323 e. The van der Waals surface area contributed by atoms with Crippen LogP contribution in [0.15, 0.2) is 54.7 Å². The molecule has 0 aliphatic carbocycles. The van der Waals surface area contributed by atoms with Gasteiger partial charge in [0.15, 0.2) is 5.78 Å². The summed E-state index contributed by atoms with van der Waals surface area (Å²) in [6, 6.07) is 13.7. The highest BCUT2D eigenvalue weighted by Gasteiger charge is 2.29. The number of Topliss-reactive ketones (excluding diaryl/α,β-unsaturated/α-hetero) is 1. The fourth-order valence-electron chi connectivity index (χ4n) is 4.26. The van der Waals surface area contributed by atoms with Gasteiger partial charge in [-0.1, -0.05) is 30.3 Å². The number of nitrogens with one attached hydrogen (secondary N) is 3. The van der Waals surface area contributed by atoms with E-state index >= 15 is 0 Å². The number of urea groups is 1. The van der Waals surface area contributed by atoms with Crippen molar-refractivity contribution in [3.63, 3.8) is 0 Å². The number of fused-ring (bicyclic) bond motifs is 1. The summed E-state index contributed by atoms with van der Waals surface area (Å²) in [6.45, 7) is 3.37. The second-order valence-electron chi connectivity index (χ2n) is 8.49. The molecule has 3 amide bonds. The summed E-state index contributed by atoms with van der Waals surface area (Å²) in [4.78, 5) is 55.5. The molecule has 0 unspecified atom stereocenters. The molecule has 0 saturated carbocycles. The van der Waals surface area contributed by atoms with Crippen LogP contribution in [0, 0.1) is 0 Å². The first-order valence-corrected chi connectivity index (χ1v) is 11.3. The molecule has 1 aromatic heterocycles. The second-order valence-corrected chi connectivity index (χ2v) is 8.49. The molecule has 10 nitrogen and oxygen atoms in total. The van der Waals surface area contributed by atoms with E-state index in [-0.39, 0.29) is 24.3 Å². The molecule has 182 valence electrons. The first kappa shape index (κ1) is 24.0. The third-order valence-electron chi connectivity index (χ3n) is 6.08. The van der Waals surface area contributed by atoms with Crippen LogP contribution in [0.4, 0.5) is 10.5 Å². The van der Waals surface area contributed by atoms with Crippen molar-refractivity contribution in [2.75, 3.05) is 38.0 Å². The minimum absolute atomic E-state index is 0.00697. The molecule has 2 heterocycles. The van der Waals surface area contributed by atoms with Gasteiger partial charge in [-0.3, -0.25) is 19.3 Å². The van der Waals surface area contributed by atoms with Crippen molar-refractivity contribution in [3.05, 3.63) is 65.9 Å². The van der Waals surface area contributed by atoms with Gasteiger partial charge in [-0.25, -0.2) is 4.79 Å². The zero-order chi connectivity index (χ0) is 24.9. The number of nitrogens with zero attached hydrogens (tertiary/aromatic N) is 2. The zero-order valence-corrected chi connectivity index (χ0v) is 19.3. The number of aromatic amines is 1. The first-order chi connectivity index (χ1) is 16.8. The predicted octanol–water partition coefficient (Wildman–Crippen LogP) is 2.40. The molecule has 1 saturated heterocycles. The lowest BCUT2D eigenvalue weighted by atomic mass is 10.1. The van der Waals surface area contributed by atoms with E-state index in [1.54, 1.807) is 36.5 Å². The number of carbonyl (C=O) groups excluding carboxylic acids is 3. The number of carbonyl (C=O) groups is 4. The lowest BCUT2D eigenvalue weighted by molar-refractivity contribution is -0.135. The van der Waals surface area contributed by atoms with Gasteiger partial charge in [-0.2, -0.15) is 0 Å². The number of benzene rings is 2. The van der Waals surface area contributed by atoms with Crippen LogP contribution in [0.2, 0.25) is 0 Å². The van der Waals surface area contributed by atoms with Crippen molar-refractivity contribution in [1.29, 1.82) is 0 Å². The Balaban J connectivity index is 1.41. The number of aromatic nitrogens is 1. The molecule has 10 heteroatoms. The summed E-state index contributed by atoms with van der Waals surface area (Å²) in [5.41, 5.74) is 2.17. The molecule has 3 aromatic rings. The molecule has 0 radical (unpaired) electrons. The summed E-state index contributed by atoms with van der Waals surface area (Å²) in [6.07, 6.45) is 1.62. The Morgan fingerprint density at radius 3 is 2.54 bits per heavy atom. The number of hydrogen-bond acceptors (Lipinski definition) is 5. The first-order valence-electron chi connectivity index (χ1n) is 11.3. The molecule has 1 aliphatic rings. The van der Waals surface area contributed by atoms with Crippen molar-refractivity contribution in [3.8, 4) is 0 Å². The molecular formula is C25H27N5O5. The van der Waals surface area contributed by atoms with Crippen LogP contribution in [-0.4, -0.2) is 82.3 Å². The number of ketones is 1. The predicted molar refractivity (Wildman–Crippen MR) is 131 cm³/mol. The fourth-order valence-corrected chi connectivity index (χ4v) is 4.26. The van der Waals surface area contributed by atoms with Crippen molar-refractivity contribution in [1.82, 2.24) is 20.1 Å². The molecule has 1 fully saturated rings. The van der Waals surface area contributed by atoms with Crippen LogP contribution in [0.25, 0.3) is 10.9 Å². The van der Waals surface area contributed by atoms with Gasteiger partial charge in [0.25, 0.3) is 5.91 Å². The van der Waals surface area contributed by atoms with Crippen LogP contribution < -0.4 is 10.6 Å². The van der Waals surface area contributed by atoms with E-state index in [1.165, 1.54) is 0 Å². The normalized spacial score (nSPS) is 16.1. The van der Waals surface area contributed by atoms with Gasteiger partial charge in [0, 0.05) is 48.4 Å². The van der Waals surface area contributed by atoms with Crippen LogP contribution >= 0.6 is 0 Å². The second kappa shape index (κ2) is 10.4. The molecule has 1 atom stereocenters. The zero-order valence-electron chi connectivity index (χ0n) is 19.3. The Labute approximate surface area is 201 Å². The number of hydrogen-bond donors (Lipinski definition) is 4. The Hall–Kier alpha value is -4.18. The van der Waals surface area contributed by atoms with Gasteiger partial charge in [-0.05, 0) is 25.1 Å². The maximum Gasteiger partial charge on any atom is 0.323 e. The minimum atomic E-state index is -1.15. The highest BCUT2D eigenvalue weighted by Crippen LogP contribution is 2.26. The molecule has 35 heavy (non-hydrogen) atoms. The van der Waals surface area contributed by atoms with Gasteiger partial charge in [0.2, 0.25) is 0 Å². The average Bonchev–Trinajstić information content (AvgIpc) is 3.29. The number of para-hydroxylation sites is 1. The van der Waals surface area contributed by atoms with Crippen LogP contribution in [0.3, 0.4) is 0 Å². The SMILES string of the molecule is C[C@@H]1CN(C(=O)c2ccccc2)CCN1CC(=O)c1c[nH]c2c(NC(=O)NCC(=O)O)cccc12. The number of carboxylic acid groups (broad SMARTS) is 1. The van der Waals surface area contributed by atoms with Gasteiger partial charge < -0.3 is 25.6 Å². The molecular weight excluding hydrogens is 450 g/mol. The maximum absolute atomic E-state index is 13.2. The highest BCUT2D eigenvalue weighted by atomic mass is 16.4. The standard InChI is InChI=1S/C25H27N5O5/c1-16-14-30(24(34)17-6-3-2-4-7-17)11-10-29(16)15-21(31)19-12-26-23-18(19)8-5-9-20(23)28-25(35)27-13-22(32)33/h2-9,12,16,26H,10-11,13-15H2,1H3,(H,32,33)(H2,27,28,35)/t16-/m1/s1.